The number of likely N-dealkylation sites (tertiary alicyclic amines) is 1. The molecule has 2 bridgehead atoms. The van der Waals surface area contributed by atoms with Gasteiger partial charge in [-0.05, 0) is 11.6 Å². The average Bonchev–Trinajstić information content (AvgIpc) is 2.90. The predicted octanol–water partition coefficient (Wildman–Crippen LogP) is 1.56. The van der Waals surface area contributed by atoms with Gasteiger partial charge in [-0.25, -0.2) is 0 Å². The van der Waals surface area contributed by atoms with Crippen molar-refractivity contribution < 1.29 is 23.9 Å². The van der Waals surface area contributed by atoms with Gasteiger partial charge in [-0.3, -0.25) is 4.79 Å². The van der Waals surface area contributed by atoms with E-state index in [9.17, 15) is 9.90 Å². The van der Waals surface area contributed by atoms with Crippen LogP contribution in [0.3, 0.4) is 0 Å². The minimum Gasteiger partial charge on any atom is -0.482 e. The largest absolute Gasteiger partial charge is 0.482 e. The highest BCUT2D eigenvalue weighted by atomic mass is 16.6. The Balaban J connectivity index is 1.77. The van der Waals surface area contributed by atoms with Gasteiger partial charge in [0.25, 0.3) is 0 Å². The zero-order chi connectivity index (χ0) is 17.6. The van der Waals surface area contributed by atoms with E-state index in [-0.39, 0.29) is 17.5 Å². The SMILES string of the molecule is CC(=O)Oc1ccc2c3c1OC1C(O)C=C[C@H]4[C@@H](C2)[N+](C)(C)CC[C@]314. The topological polar surface area (TPSA) is 55.8 Å². The van der Waals surface area contributed by atoms with Gasteiger partial charge in [0.15, 0.2) is 11.5 Å². The van der Waals surface area contributed by atoms with Crippen molar-refractivity contribution in [2.75, 3.05) is 20.6 Å². The first-order valence-corrected chi connectivity index (χ1v) is 9.05. The number of benzene rings is 1. The number of hydrogen-bond acceptors (Lipinski definition) is 4. The van der Waals surface area contributed by atoms with E-state index >= 15 is 0 Å². The van der Waals surface area contributed by atoms with Crippen LogP contribution in [0.25, 0.3) is 0 Å². The number of esters is 1. The molecule has 1 saturated heterocycles. The summed E-state index contributed by atoms with van der Waals surface area (Å²) in [7, 11) is 4.61. The molecule has 0 saturated carbocycles. The Hall–Kier alpha value is -1.85. The van der Waals surface area contributed by atoms with E-state index in [1.54, 1.807) is 0 Å². The fraction of sp³-hybridized carbons (Fsp3) is 0.550. The van der Waals surface area contributed by atoms with E-state index < -0.39 is 6.10 Å². The Morgan fingerprint density at radius 1 is 1.36 bits per heavy atom. The first kappa shape index (κ1) is 15.4. The summed E-state index contributed by atoms with van der Waals surface area (Å²) < 4.78 is 12.7. The minimum absolute atomic E-state index is 0.203. The van der Waals surface area contributed by atoms with Crippen LogP contribution >= 0.6 is 0 Å². The van der Waals surface area contributed by atoms with Gasteiger partial charge >= 0.3 is 5.97 Å². The number of piperidine rings is 1. The summed E-state index contributed by atoms with van der Waals surface area (Å²) in [6, 6.07) is 4.41. The van der Waals surface area contributed by atoms with Crippen LogP contribution in [0.4, 0.5) is 0 Å². The van der Waals surface area contributed by atoms with Crippen LogP contribution in [0.15, 0.2) is 24.3 Å². The van der Waals surface area contributed by atoms with E-state index in [1.807, 2.05) is 12.1 Å². The Bertz CT molecular complexity index is 814. The zero-order valence-electron chi connectivity index (χ0n) is 14.9. The van der Waals surface area contributed by atoms with E-state index in [1.165, 1.54) is 18.1 Å². The lowest BCUT2D eigenvalue weighted by atomic mass is 9.53. The smallest absolute Gasteiger partial charge is 0.308 e. The summed E-state index contributed by atoms with van der Waals surface area (Å²) in [5, 5.41) is 10.7. The fourth-order valence-corrected chi connectivity index (χ4v) is 5.83. The summed E-state index contributed by atoms with van der Waals surface area (Å²) in [6.07, 6.45) is 5.14. The van der Waals surface area contributed by atoms with Crippen molar-refractivity contribution in [2.45, 2.75) is 43.4 Å². The molecule has 5 rings (SSSR count). The molecule has 2 heterocycles. The first-order valence-electron chi connectivity index (χ1n) is 9.05. The molecule has 1 spiro atoms. The number of ether oxygens (including phenoxy) is 2. The predicted molar refractivity (Wildman–Crippen MR) is 91.6 cm³/mol. The van der Waals surface area contributed by atoms with Crippen LogP contribution in [0, 0.1) is 5.92 Å². The number of aliphatic hydroxyl groups excluding tert-OH is 1. The van der Waals surface area contributed by atoms with Crippen molar-refractivity contribution in [3.8, 4) is 11.5 Å². The second-order valence-corrected chi connectivity index (χ2v) is 8.52. The molecular formula is C20H24NO4+. The fourth-order valence-electron chi connectivity index (χ4n) is 5.83. The van der Waals surface area contributed by atoms with E-state index in [4.69, 9.17) is 9.47 Å². The third kappa shape index (κ3) is 1.78. The van der Waals surface area contributed by atoms with Gasteiger partial charge in [-0.1, -0.05) is 18.2 Å². The van der Waals surface area contributed by atoms with Crippen molar-refractivity contribution in [1.29, 1.82) is 0 Å². The summed E-state index contributed by atoms with van der Waals surface area (Å²) >= 11 is 0. The Labute approximate surface area is 147 Å². The van der Waals surface area contributed by atoms with Gasteiger partial charge in [0.05, 0.1) is 26.1 Å². The highest BCUT2D eigenvalue weighted by Gasteiger charge is 2.67. The molecule has 1 N–H and O–H groups in total. The van der Waals surface area contributed by atoms with Gasteiger partial charge in [-0.15, -0.1) is 0 Å². The summed E-state index contributed by atoms with van der Waals surface area (Å²) in [5.74, 6) is 1.15. The van der Waals surface area contributed by atoms with Crippen LogP contribution in [-0.4, -0.2) is 54.4 Å². The maximum Gasteiger partial charge on any atom is 0.308 e. The molecule has 25 heavy (non-hydrogen) atoms. The van der Waals surface area contributed by atoms with Crippen molar-refractivity contribution in [3.63, 3.8) is 0 Å². The van der Waals surface area contributed by atoms with Gasteiger partial charge in [0.2, 0.25) is 0 Å². The van der Waals surface area contributed by atoms with Crippen LogP contribution in [-0.2, 0) is 16.6 Å². The standard InChI is InChI=1S/C20H24NO4/c1-11(22)24-16-7-4-12-10-14-13-5-6-15(23)19-20(13,8-9-21(14,2)3)17(12)18(16)25-19/h4-7,13-15,19,23H,8-10H2,1-3H3/q+1/t13-,14+,15?,19?,20-/m0/s1. The monoisotopic (exact) mass is 342 g/mol. The van der Waals surface area contributed by atoms with E-state index in [0.29, 0.717) is 23.5 Å². The highest BCUT2D eigenvalue weighted by Crippen LogP contribution is 2.63. The van der Waals surface area contributed by atoms with Gasteiger partial charge < -0.3 is 19.1 Å². The highest BCUT2D eigenvalue weighted by molar-refractivity contribution is 5.72. The molecule has 5 heteroatoms. The number of aliphatic hydroxyl groups is 1. The molecule has 2 unspecified atom stereocenters. The maximum atomic E-state index is 11.5. The molecule has 4 aliphatic rings. The number of carbonyl (C=O) groups is 1. The zero-order valence-corrected chi connectivity index (χ0v) is 14.9. The lowest BCUT2D eigenvalue weighted by Crippen LogP contribution is -2.70. The molecule has 5 nitrogen and oxygen atoms in total. The molecule has 2 aliphatic carbocycles. The summed E-state index contributed by atoms with van der Waals surface area (Å²) in [4.78, 5) is 11.5. The van der Waals surface area contributed by atoms with E-state index in [0.717, 1.165) is 23.9 Å². The van der Waals surface area contributed by atoms with Gasteiger partial charge in [0.1, 0.15) is 18.2 Å². The molecule has 5 atom stereocenters. The Kier molecular flexibility index (Phi) is 2.87. The quantitative estimate of drug-likeness (QED) is 0.364. The molecule has 132 valence electrons. The number of likely N-dealkylation sites (N-methyl/N-ethyl adjacent to an activating group) is 1. The normalized spacial score (nSPS) is 38.7. The molecule has 0 radical (unpaired) electrons. The number of carbonyl (C=O) groups excluding carboxylic acids is 1. The van der Waals surface area contributed by atoms with Gasteiger partial charge in [0, 0.05) is 31.2 Å². The summed E-state index contributed by atoms with van der Waals surface area (Å²) in [6.45, 7) is 2.46. The van der Waals surface area contributed by atoms with Crippen LogP contribution in [0.1, 0.15) is 24.5 Å². The second kappa shape index (κ2) is 4.65. The number of nitrogens with zero attached hydrogens (tertiary/aromatic N) is 1. The lowest BCUT2D eigenvalue weighted by Gasteiger charge is -2.58. The minimum atomic E-state index is -0.630. The second-order valence-electron chi connectivity index (χ2n) is 8.52. The van der Waals surface area contributed by atoms with E-state index in [2.05, 4.69) is 26.2 Å². The molecule has 0 amide bonds. The maximum absolute atomic E-state index is 11.5. The lowest BCUT2D eigenvalue weighted by molar-refractivity contribution is -0.926. The third-order valence-electron chi connectivity index (χ3n) is 6.94. The van der Waals surface area contributed by atoms with Crippen LogP contribution in [0.5, 0.6) is 11.5 Å². The van der Waals surface area contributed by atoms with Crippen LogP contribution < -0.4 is 9.47 Å². The molecule has 2 aliphatic heterocycles. The Morgan fingerprint density at radius 2 is 2.16 bits per heavy atom. The Morgan fingerprint density at radius 3 is 2.92 bits per heavy atom. The molecule has 0 aromatic heterocycles. The molecule has 1 aromatic rings. The number of quaternary nitrogens is 1. The average molecular weight is 342 g/mol. The molecular weight excluding hydrogens is 318 g/mol. The van der Waals surface area contributed by atoms with Crippen molar-refractivity contribution in [3.05, 3.63) is 35.4 Å². The molecule has 1 aromatic carbocycles. The first-order chi connectivity index (χ1) is 11.8. The third-order valence-corrected chi connectivity index (χ3v) is 6.94. The number of rotatable bonds is 1. The molecule has 1 fully saturated rings. The number of hydrogen-bond donors (Lipinski definition) is 1. The van der Waals surface area contributed by atoms with Crippen LogP contribution in [0.2, 0.25) is 0 Å². The van der Waals surface area contributed by atoms with Gasteiger partial charge in [-0.2, -0.15) is 0 Å². The van der Waals surface area contributed by atoms with Crippen molar-refractivity contribution in [2.24, 2.45) is 5.92 Å². The summed E-state index contributed by atoms with van der Waals surface area (Å²) in [5.41, 5.74) is 2.26. The van der Waals surface area contributed by atoms with Crippen molar-refractivity contribution in [1.82, 2.24) is 0 Å². The van der Waals surface area contributed by atoms with Crippen molar-refractivity contribution >= 4 is 5.97 Å².